The molecule has 0 aliphatic carbocycles. The maximum Gasteiger partial charge on any atom is 0.321 e. The molecule has 33 heavy (non-hydrogen) atoms. The number of imidazole rings is 1. The van der Waals surface area contributed by atoms with Crippen LogP contribution in [0.2, 0.25) is 0 Å². The van der Waals surface area contributed by atoms with Gasteiger partial charge in [0, 0.05) is 43.3 Å². The van der Waals surface area contributed by atoms with Crippen LogP contribution in [0.25, 0.3) is 17.0 Å². The standard InChI is InChI=1S/C23H25FN6O3/c24-18-7-6-15(27-23(32)29-8-2-3-9-29)11-17(18)19-14-30-13-16(12-25-22(30)28-19)26-21(31)20-5-1-4-10-33-20/h6-7,11-14,20H,1-5,8-10H2,(H,26,31)(H,27,32). The molecule has 4 heterocycles. The third-order valence-corrected chi connectivity index (χ3v) is 5.94. The Balaban J connectivity index is 1.35. The minimum absolute atomic E-state index is 0.191. The van der Waals surface area contributed by atoms with Gasteiger partial charge in [0.2, 0.25) is 5.78 Å². The number of nitrogens with zero attached hydrogens (tertiary/aromatic N) is 4. The smallest absolute Gasteiger partial charge is 0.321 e. The van der Waals surface area contributed by atoms with Gasteiger partial charge in [-0.3, -0.25) is 9.20 Å². The number of benzene rings is 1. The van der Waals surface area contributed by atoms with Crippen LogP contribution in [-0.2, 0) is 9.53 Å². The van der Waals surface area contributed by atoms with Crippen molar-refractivity contribution in [2.45, 2.75) is 38.2 Å². The van der Waals surface area contributed by atoms with Gasteiger partial charge in [0.05, 0.1) is 17.6 Å². The molecule has 1 unspecified atom stereocenters. The Morgan fingerprint density at radius 1 is 1.06 bits per heavy atom. The summed E-state index contributed by atoms with van der Waals surface area (Å²) >= 11 is 0. The highest BCUT2D eigenvalue weighted by atomic mass is 19.1. The van der Waals surface area contributed by atoms with Crippen LogP contribution in [0, 0.1) is 5.82 Å². The molecule has 3 amide bonds. The summed E-state index contributed by atoms with van der Waals surface area (Å²) in [6.45, 7) is 2.04. The van der Waals surface area contributed by atoms with Crippen LogP contribution < -0.4 is 10.6 Å². The molecular weight excluding hydrogens is 427 g/mol. The second kappa shape index (κ2) is 9.14. The van der Waals surface area contributed by atoms with E-state index in [0.717, 1.165) is 38.8 Å². The summed E-state index contributed by atoms with van der Waals surface area (Å²) in [4.78, 5) is 35.2. The SMILES string of the molecule is O=C(Nc1cnc2nc(-c3cc(NC(=O)N4CCCC4)ccc3F)cn2c1)C1CCCCO1. The van der Waals surface area contributed by atoms with Gasteiger partial charge in [0.15, 0.2) is 0 Å². The molecular formula is C23H25FN6O3. The first-order chi connectivity index (χ1) is 16.1. The van der Waals surface area contributed by atoms with Crippen LogP contribution in [0.1, 0.15) is 32.1 Å². The third-order valence-electron chi connectivity index (χ3n) is 5.94. The number of hydrogen-bond acceptors (Lipinski definition) is 5. The summed E-state index contributed by atoms with van der Waals surface area (Å²) in [5, 5.41) is 5.65. The molecule has 10 heteroatoms. The number of hydrogen-bond donors (Lipinski definition) is 2. The number of likely N-dealkylation sites (tertiary alicyclic amines) is 1. The fourth-order valence-electron chi connectivity index (χ4n) is 4.17. The Labute approximate surface area is 190 Å². The highest BCUT2D eigenvalue weighted by Crippen LogP contribution is 2.26. The molecule has 2 aromatic heterocycles. The molecule has 0 spiro atoms. The van der Waals surface area contributed by atoms with Gasteiger partial charge >= 0.3 is 6.03 Å². The summed E-state index contributed by atoms with van der Waals surface area (Å²) in [6.07, 6.45) is 8.98. The molecule has 0 radical (unpaired) electrons. The topological polar surface area (TPSA) is 101 Å². The number of aromatic nitrogens is 3. The monoisotopic (exact) mass is 452 g/mol. The van der Waals surface area contributed by atoms with E-state index >= 15 is 0 Å². The van der Waals surface area contributed by atoms with Gasteiger partial charge in [0.1, 0.15) is 11.9 Å². The first-order valence-corrected chi connectivity index (χ1v) is 11.2. The molecule has 2 fully saturated rings. The number of amides is 3. The van der Waals surface area contributed by atoms with Gasteiger partial charge < -0.3 is 20.3 Å². The summed E-state index contributed by atoms with van der Waals surface area (Å²) in [6, 6.07) is 4.21. The van der Waals surface area contributed by atoms with E-state index in [0.29, 0.717) is 35.9 Å². The van der Waals surface area contributed by atoms with Crippen molar-refractivity contribution in [3.05, 3.63) is 42.6 Å². The van der Waals surface area contributed by atoms with Crippen molar-refractivity contribution in [3.8, 4) is 11.3 Å². The second-order valence-corrected chi connectivity index (χ2v) is 8.34. The van der Waals surface area contributed by atoms with Gasteiger partial charge in [-0.1, -0.05) is 0 Å². The van der Waals surface area contributed by atoms with Gasteiger partial charge in [-0.2, -0.15) is 0 Å². The van der Waals surface area contributed by atoms with E-state index in [9.17, 15) is 14.0 Å². The summed E-state index contributed by atoms with van der Waals surface area (Å²) in [5.74, 6) is -0.299. The van der Waals surface area contributed by atoms with Crippen molar-refractivity contribution < 1.29 is 18.7 Å². The van der Waals surface area contributed by atoms with E-state index in [-0.39, 0.29) is 17.5 Å². The van der Waals surface area contributed by atoms with E-state index in [1.165, 1.54) is 18.3 Å². The number of anilines is 2. The quantitative estimate of drug-likeness (QED) is 0.629. The highest BCUT2D eigenvalue weighted by molar-refractivity contribution is 5.94. The molecule has 2 saturated heterocycles. The first kappa shape index (κ1) is 21.3. The first-order valence-electron chi connectivity index (χ1n) is 11.2. The summed E-state index contributed by atoms with van der Waals surface area (Å²) in [5.41, 5.74) is 1.61. The molecule has 5 rings (SSSR count). The fraction of sp³-hybridized carbons (Fsp3) is 0.391. The minimum Gasteiger partial charge on any atom is -0.368 e. The zero-order valence-corrected chi connectivity index (χ0v) is 18.1. The zero-order chi connectivity index (χ0) is 22.8. The molecule has 1 aromatic carbocycles. The maximum atomic E-state index is 14.6. The van der Waals surface area contributed by atoms with E-state index in [4.69, 9.17) is 4.74 Å². The number of fused-ring (bicyclic) bond motifs is 1. The summed E-state index contributed by atoms with van der Waals surface area (Å²) < 4.78 is 21.8. The Morgan fingerprint density at radius 2 is 1.91 bits per heavy atom. The third kappa shape index (κ3) is 4.65. The number of carbonyl (C=O) groups excluding carboxylic acids is 2. The van der Waals surface area contributed by atoms with E-state index < -0.39 is 11.9 Å². The van der Waals surface area contributed by atoms with Crippen molar-refractivity contribution in [3.63, 3.8) is 0 Å². The maximum absolute atomic E-state index is 14.6. The van der Waals surface area contributed by atoms with E-state index in [2.05, 4.69) is 20.6 Å². The number of rotatable bonds is 4. The average Bonchev–Trinajstić information content (AvgIpc) is 3.51. The number of nitrogens with one attached hydrogen (secondary N) is 2. The fourth-order valence-corrected chi connectivity index (χ4v) is 4.17. The van der Waals surface area contributed by atoms with Crippen molar-refractivity contribution in [1.82, 2.24) is 19.3 Å². The Kier molecular flexibility index (Phi) is 5.91. The number of carbonyl (C=O) groups is 2. The number of ether oxygens (including phenoxy) is 1. The van der Waals surface area contributed by atoms with Crippen molar-refractivity contribution in [2.24, 2.45) is 0 Å². The Bertz CT molecular complexity index is 1180. The predicted molar refractivity (Wildman–Crippen MR) is 120 cm³/mol. The highest BCUT2D eigenvalue weighted by Gasteiger charge is 2.22. The van der Waals surface area contributed by atoms with Crippen LogP contribution in [0.3, 0.4) is 0 Å². The lowest BCUT2D eigenvalue weighted by atomic mass is 10.1. The normalized spacial score (nSPS) is 18.5. The van der Waals surface area contributed by atoms with Crippen molar-refractivity contribution in [2.75, 3.05) is 30.3 Å². The second-order valence-electron chi connectivity index (χ2n) is 8.34. The van der Waals surface area contributed by atoms with Crippen LogP contribution in [-0.4, -0.2) is 57.0 Å². The van der Waals surface area contributed by atoms with Crippen LogP contribution >= 0.6 is 0 Å². The molecule has 0 bridgehead atoms. The Morgan fingerprint density at radius 3 is 2.70 bits per heavy atom. The van der Waals surface area contributed by atoms with Gasteiger partial charge in [-0.05, 0) is 50.3 Å². The van der Waals surface area contributed by atoms with Crippen LogP contribution in [0.4, 0.5) is 20.6 Å². The number of halogens is 1. The van der Waals surface area contributed by atoms with Crippen LogP contribution in [0.5, 0.6) is 0 Å². The zero-order valence-electron chi connectivity index (χ0n) is 18.1. The minimum atomic E-state index is -0.458. The predicted octanol–water partition coefficient (Wildman–Crippen LogP) is 3.67. The molecule has 2 aliphatic heterocycles. The largest absolute Gasteiger partial charge is 0.368 e. The van der Waals surface area contributed by atoms with Crippen molar-refractivity contribution in [1.29, 1.82) is 0 Å². The van der Waals surface area contributed by atoms with Crippen molar-refractivity contribution >= 4 is 29.1 Å². The average molecular weight is 452 g/mol. The lowest BCUT2D eigenvalue weighted by molar-refractivity contribution is -0.129. The molecule has 3 aromatic rings. The molecule has 0 saturated carbocycles. The molecule has 9 nitrogen and oxygen atoms in total. The molecule has 1 atom stereocenters. The number of urea groups is 1. The Hall–Kier alpha value is -3.53. The lowest BCUT2D eigenvalue weighted by Crippen LogP contribution is -2.33. The molecule has 2 aliphatic rings. The van der Waals surface area contributed by atoms with E-state index in [1.54, 1.807) is 27.8 Å². The summed E-state index contributed by atoms with van der Waals surface area (Å²) in [7, 11) is 0. The van der Waals surface area contributed by atoms with Gasteiger partial charge in [-0.25, -0.2) is 19.2 Å². The molecule has 172 valence electrons. The van der Waals surface area contributed by atoms with Crippen LogP contribution in [0.15, 0.2) is 36.8 Å². The lowest BCUT2D eigenvalue weighted by Gasteiger charge is -2.21. The molecule has 2 N–H and O–H groups in total. The van der Waals surface area contributed by atoms with E-state index in [1.807, 2.05) is 0 Å². The van der Waals surface area contributed by atoms with Gasteiger partial charge in [-0.15, -0.1) is 0 Å². The van der Waals surface area contributed by atoms with Gasteiger partial charge in [0.25, 0.3) is 5.91 Å².